The summed E-state index contributed by atoms with van der Waals surface area (Å²) in [6, 6.07) is 17.5. The van der Waals surface area contributed by atoms with Crippen molar-refractivity contribution in [2.75, 3.05) is 13.4 Å². The highest BCUT2D eigenvalue weighted by molar-refractivity contribution is 9.10. The SMILES string of the molecule is C=CCOc1cccc(C2c3c(oc4ccc(Br)cc4c3=O)C(=O)N2Cc2ccc3c(c2)OCO3)c1. The van der Waals surface area contributed by atoms with Crippen LogP contribution >= 0.6 is 15.9 Å². The monoisotopic (exact) mass is 545 g/mol. The van der Waals surface area contributed by atoms with Crippen molar-refractivity contribution in [3.05, 3.63) is 110 Å². The smallest absolute Gasteiger partial charge is 0.291 e. The number of carbonyl (C=O) groups excluding carboxylic acids is 1. The Kier molecular flexibility index (Phi) is 5.53. The van der Waals surface area contributed by atoms with Crippen LogP contribution < -0.4 is 19.6 Å². The molecule has 2 aliphatic heterocycles. The van der Waals surface area contributed by atoms with Crippen LogP contribution in [0, 0.1) is 0 Å². The van der Waals surface area contributed by atoms with Gasteiger partial charge in [0.1, 0.15) is 17.9 Å². The number of carbonyl (C=O) groups is 1. The van der Waals surface area contributed by atoms with Gasteiger partial charge in [0.2, 0.25) is 12.6 Å². The molecule has 0 bridgehead atoms. The van der Waals surface area contributed by atoms with E-state index in [-0.39, 0.29) is 30.4 Å². The van der Waals surface area contributed by atoms with Crippen LogP contribution in [0.2, 0.25) is 0 Å². The molecule has 7 nitrogen and oxygen atoms in total. The third-order valence-corrected chi connectivity index (χ3v) is 6.75. The van der Waals surface area contributed by atoms with E-state index in [2.05, 4.69) is 22.5 Å². The lowest BCUT2D eigenvalue weighted by atomic mass is 9.98. The number of halogens is 1. The molecule has 180 valence electrons. The van der Waals surface area contributed by atoms with Gasteiger partial charge in [-0.1, -0.05) is 46.8 Å². The highest BCUT2D eigenvalue weighted by Crippen LogP contribution is 2.41. The van der Waals surface area contributed by atoms with Crippen molar-refractivity contribution in [3.8, 4) is 17.2 Å². The van der Waals surface area contributed by atoms with E-state index in [4.69, 9.17) is 18.6 Å². The average molecular weight is 546 g/mol. The second kappa shape index (κ2) is 8.87. The fraction of sp³-hybridized carbons (Fsp3) is 0.143. The summed E-state index contributed by atoms with van der Waals surface area (Å²) in [6.07, 6.45) is 1.66. The first-order chi connectivity index (χ1) is 17.5. The largest absolute Gasteiger partial charge is 0.490 e. The van der Waals surface area contributed by atoms with Crippen LogP contribution in [0.25, 0.3) is 11.0 Å². The lowest BCUT2D eigenvalue weighted by molar-refractivity contribution is 0.0714. The highest BCUT2D eigenvalue weighted by Gasteiger charge is 2.43. The molecule has 1 unspecified atom stereocenters. The van der Waals surface area contributed by atoms with Crippen LogP contribution in [-0.2, 0) is 6.54 Å². The van der Waals surface area contributed by atoms with Crippen molar-refractivity contribution in [1.29, 1.82) is 0 Å². The van der Waals surface area contributed by atoms with Gasteiger partial charge in [-0.05, 0) is 53.6 Å². The maximum Gasteiger partial charge on any atom is 0.291 e. The number of hydrogen-bond donors (Lipinski definition) is 0. The number of amides is 1. The Hall–Kier alpha value is -4.04. The second-order valence-corrected chi connectivity index (χ2v) is 9.43. The van der Waals surface area contributed by atoms with E-state index < -0.39 is 6.04 Å². The van der Waals surface area contributed by atoms with Crippen molar-refractivity contribution in [3.63, 3.8) is 0 Å². The van der Waals surface area contributed by atoms with Crippen LogP contribution in [0.1, 0.15) is 33.3 Å². The summed E-state index contributed by atoms with van der Waals surface area (Å²) in [5.41, 5.74) is 2.01. The Morgan fingerprint density at radius 2 is 1.92 bits per heavy atom. The molecule has 3 heterocycles. The molecule has 0 saturated carbocycles. The van der Waals surface area contributed by atoms with Crippen molar-refractivity contribution in [2.24, 2.45) is 0 Å². The number of hydrogen-bond acceptors (Lipinski definition) is 6. The molecule has 6 rings (SSSR count). The van der Waals surface area contributed by atoms with Crippen molar-refractivity contribution in [2.45, 2.75) is 12.6 Å². The van der Waals surface area contributed by atoms with Gasteiger partial charge in [-0.2, -0.15) is 0 Å². The molecule has 0 radical (unpaired) electrons. The number of benzene rings is 3. The third-order valence-electron chi connectivity index (χ3n) is 6.26. The summed E-state index contributed by atoms with van der Waals surface area (Å²) < 4.78 is 23.5. The fourth-order valence-electron chi connectivity index (χ4n) is 4.67. The van der Waals surface area contributed by atoms with Gasteiger partial charge in [0.25, 0.3) is 5.91 Å². The summed E-state index contributed by atoms with van der Waals surface area (Å²) in [5, 5.41) is 0.407. The van der Waals surface area contributed by atoms with Crippen LogP contribution in [-0.4, -0.2) is 24.2 Å². The summed E-state index contributed by atoms with van der Waals surface area (Å²) in [6.45, 7) is 4.43. The molecular weight excluding hydrogens is 526 g/mol. The van der Waals surface area contributed by atoms with Crippen molar-refractivity contribution >= 4 is 32.8 Å². The number of fused-ring (bicyclic) bond motifs is 3. The predicted octanol–water partition coefficient (Wildman–Crippen LogP) is 5.59. The maximum absolute atomic E-state index is 13.8. The van der Waals surface area contributed by atoms with E-state index in [1.54, 1.807) is 29.2 Å². The summed E-state index contributed by atoms with van der Waals surface area (Å²) >= 11 is 3.43. The minimum absolute atomic E-state index is 0.0537. The molecular formula is C28H20BrNO6. The van der Waals surface area contributed by atoms with E-state index in [9.17, 15) is 9.59 Å². The molecule has 1 aromatic heterocycles. The molecule has 3 aromatic carbocycles. The Morgan fingerprint density at radius 1 is 1.06 bits per heavy atom. The van der Waals surface area contributed by atoms with E-state index in [0.29, 0.717) is 40.4 Å². The molecule has 0 spiro atoms. The molecule has 0 aliphatic carbocycles. The third kappa shape index (κ3) is 3.74. The van der Waals surface area contributed by atoms with Gasteiger partial charge in [0.05, 0.1) is 17.0 Å². The quantitative estimate of drug-likeness (QED) is 0.294. The zero-order valence-electron chi connectivity index (χ0n) is 19.0. The van der Waals surface area contributed by atoms with E-state index in [1.807, 2.05) is 42.5 Å². The van der Waals surface area contributed by atoms with Gasteiger partial charge in [-0.3, -0.25) is 9.59 Å². The average Bonchev–Trinajstić information content (AvgIpc) is 3.46. The van der Waals surface area contributed by atoms with E-state index in [0.717, 1.165) is 15.6 Å². The number of ether oxygens (including phenoxy) is 3. The van der Waals surface area contributed by atoms with Crippen molar-refractivity contribution < 1.29 is 23.4 Å². The van der Waals surface area contributed by atoms with Crippen LogP contribution in [0.4, 0.5) is 0 Å². The molecule has 0 saturated heterocycles. The van der Waals surface area contributed by atoms with E-state index in [1.165, 1.54) is 0 Å². The Bertz CT molecular complexity index is 1590. The van der Waals surface area contributed by atoms with Gasteiger partial charge in [-0.25, -0.2) is 0 Å². The minimum atomic E-state index is -0.662. The highest BCUT2D eigenvalue weighted by atomic mass is 79.9. The summed E-state index contributed by atoms with van der Waals surface area (Å²) in [7, 11) is 0. The fourth-order valence-corrected chi connectivity index (χ4v) is 5.03. The standard InChI is InChI=1S/C28H20BrNO6/c1-2-10-33-19-5-3-4-17(12-19)25-24-26(31)20-13-18(29)7-9-21(20)36-27(24)28(32)30(25)14-16-6-8-22-23(11-16)35-15-34-22/h2-9,11-13,25H,1,10,14-15H2. The zero-order valence-corrected chi connectivity index (χ0v) is 20.6. The number of nitrogens with zero attached hydrogens (tertiary/aromatic N) is 1. The molecule has 4 aromatic rings. The lowest BCUT2D eigenvalue weighted by Crippen LogP contribution is -2.29. The zero-order chi connectivity index (χ0) is 24.8. The van der Waals surface area contributed by atoms with E-state index >= 15 is 0 Å². The number of rotatable bonds is 6. The van der Waals surface area contributed by atoms with Gasteiger partial charge >= 0.3 is 0 Å². The summed E-state index contributed by atoms with van der Waals surface area (Å²) in [4.78, 5) is 29.1. The van der Waals surface area contributed by atoms with Gasteiger partial charge < -0.3 is 23.5 Å². The minimum Gasteiger partial charge on any atom is -0.490 e. The predicted molar refractivity (Wildman–Crippen MR) is 137 cm³/mol. The first kappa shape index (κ1) is 22.4. The molecule has 36 heavy (non-hydrogen) atoms. The molecule has 0 N–H and O–H groups in total. The topological polar surface area (TPSA) is 78.2 Å². The van der Waals surface area contributed by atoms with Crippen LogP contribution in [0.3, 0.4) is 0 Å². The summed E-state index contributed by atoms with van der Waals surface area (Å²) in [5.74, 6) is 1.60. The molecule has 1 amide bonds. The Labute approximate surface area is 214 Å². The van der Waals surface area contributed by atoms with Crippen LogP contribution in [0.15, 0.2) is 87.0 Å². The first-order valence-corrected chi connectivity index (χ1v) is 12.1. The second-order valence-electron chi connectivity index (χ2n) is 8.51. The van der Waals surface area contributed by atoms with Crippen LogP contribution in [0.5, 0.6) is 17.2 Å². The normalized spacial score (nSPS) is 15.9. The Balaban J connectivity index is 1.50. The lowest BCUT2D eigenvalue weighted by Gasteiger charge is -2.25. The maximum atomic E-state index is 13.8. The van der Waals surface area contributed by atoms with Gasteiger partial charge in [0, 0.05) is 11.0 Å². The van der Waals surface area contributed by atoms with Gasteiger partial charge in [-0.15, -0.1) is 0 Å². The molecule has 0 fully saturated rings. The molecule has 2 aliphatic rings. The van der Waals surface area contributed by atoms with Crippen molar-refractivity contribution in [1.82, 2.24) is 4.90 Å². The Morgan fingerprint density at radius 3 is 2.78 bits per heavy atom. The van der Waals surface area contributed by atoms with Gasteiger partial charge in [0.15, 0.2) is 16.9 Å². The molecule has 8 heteroatoms. The first-order valence-electron chi connectivity index (χ1n) is 11.3. The molecule has 1 atom stereocenters.